The van der Waals surface area contributed by atoms with Crippen molar-refractivity contribution < 1.29 is 14.4 Å². The number of hydrogen-bond donors (Lipinski definition) is 0. The topological polar surface area (TPSA) is 51.2 Å². The summed E-state index contributed by atoms with van der Waals surface area (Å²) in [6, 6.07) is 0. The van der Waals surface area contributed by atoms with E-state index in [4.69, 9.17) is 0 Å². The van der Waals surface area contributed by atoms with Crippen molar-refractivity contribution in [3.05, 3.63) is 10.6 Å². The zero-order valence-corrected chi connectivity index (χ0v) is 7.34. The minimum Gasteiger partial charge on any atom is -0.299 e. The van der Waals surface area contributed by atoms with Gasteiger partial charge in [-0.15, -0.1) is 0 Å². The molecule has 0 aromatic carbocycles. The molecule has 0 radical (unpaired) electrons. The summed E-state index contributed by atoms with van der Waals surface area (Å²) in [5.41, 5.74) is 0. The van der Waals surface area contributed by atoms with E-state index in [2.05, 4.69) is 15.9 Å². The molecule has 0 N–H and O–H groups in total. The van der Waals surface area contributed by atoms with Crippen LogP contribution in [0.25, 0.3) is 0 Å². The normalized spacial score (nSPS) is 23.8. The summed E-state index contributed by atoms with van der Waals surface area (Å²) in [7, 11) is 0. The van der Waals surface area contributed by atoms with E-state index in [0.29, 0.717) is 0 Å². The van der Waals surface area contributed by atoms with Gasteiger partial charge in [0.2, 0.25) is 0 Å². The smallest absolute Gasteiger partial charge is 0.188 e. The van der Waals surface area contributed by atoms with Gasteiger partial charge in [-0.05, 0) is 22.9 Å². The molecule has 11 heavy (non-hydrogen) atoms. The summed E-state index contributed by atoms with van der Waals surface area (Å²) < 4.78 is 0.197. The van der Waals surface area contributed by atoms with Crippen LogP contribution in [0, 0.1) is 5.92 Å². The molecule has 1 unspecified atom stereocenters. The van der Waals surface area contributed by atoms with Gasteiger partial charge >= 0.3 is 0 Å². The number of halogens is 1. The Balaban J connectivity index is 2.99. The molecule has 1 aliphatic carbocycles. The van der Waals surface area contributed by atoms with Crippen molar-refractivity contribution in [1.82, 2.24) is 0 Å². The average molecular weight is 217 g/mol. The van der Waals surface area contributed by atoms with Crippen molar-refractivity contribution in [3.63, 3.8) is 0 Å². The van der Waals surface area contributed by atoms with Crippen LogP contribution in [-0.2, 0) is 14.4 Å². The molecule has 0 aromatic rings. The van der Waals surface area contributed by atoms with E-state index in [-0.39, 0.29) is 4.48 Å². The third-order valence-corrected chi connectivity index (χ3v) is 2.08. The Labute approximate surface area is 71.6 Å². The van der Waals surface area contributed by atoms with Gasteiger partial charge in [0.25, 0.3) is 0 Å². The lowest BCUT2D eigenvalue weighted by Crippen LogP contribution is -2.23. The van der Waals surface area contributed by atoms with Gasteiger partial charge in [-0.2, -0.15) is 0 Å². The minimum absolute atomic E-state index is 0.197. The van der Waals surface area contributed by atoms with Crippen molar-refractivity contribution in [1.29, 1.82) is 0 Å². The largest absolute Gasteiger partial charge is 0.299 e. The number of carbonyl (C=O) groups excluding carboxylic acids is 3. The lowest BCUT2D eigenvalue weighted by atomic mass is 10.0. The Morgan fingerprint density at radius 1 is 1.55 bits per heavy atom. The van der Waals surface area contributed by atoms with Crippen LogP contribution in [0.2, 0.25) is 0 Å². The molecule has 0 saturated carbocycles. The summed E-state index contributed by atoms with van der Waals surface area (Å²) in [4.78, 5) is 32.6. The quantitative estimate of drug-likeness (QED) is 0.605. The Morgan fingerprint density at radius 2 is 2.09 bits per heavy atom. The van der Waals surface area contributed by atoms with Crippen LogP contribution in [-0.4, -0.2) is 17.3 Å². The molecule has 0 amide bonds. The molecular formula is C7H5BrO3. The highest BCUT2D eigenvalue weighted by molar-refractivity contribution is 9.12. The molecule has 1 aliphatic rings. The maximum absolute atomic E-state index is 11.0. The maximum Gasteiger partial charge on any atom is 0.188 e. The fourth-order valence-electron chi connectivity index (χ4n) is 0.931. The van der Waals surface area contributed by atoms with Crippen LogP contribution in [0.4, 0.5) is 0 Å². The van der Waals surface area contributed by atoms with E-state index >= 15 is 0 Å². The van der Waals surface area contributed by atoms with Gasteiger partial charge in [0.05, 0.1) is 4.48 Å². The fraction of sp³-hybridized carbons (Fsp3) is 0.286. The maximum atomic E-state index is 11.0. The van der Waals surface area contributed by atoms with Crippen molar-refractivity contribution in [3.8, 4) is 0 Å². The number of Topliss-reactive ketones (excluding diaryl/α,β-unsaturated/α-hetero) is 2. The van der Waals surface area contributed by atoms with Crippen molar-refractivity contribution in [2.45, 2.75) is 6.92 Å². The number of allylic oxidation sites excluding steroid dienone is 2. The van der Waals surface area contributed by atoms with E-state index in [1.54, 1.807) is 0 Å². The number of ketones is 3. The highest BCUT2D eigenvalue weighted by atomic mass is 79.9. The Bertz CT molecular complexity index is 277. The molecule has 0 aromatic heterocycles. The number of rotatable bonds is 1. The molecule has 58 valence electrons. The molecule has 4 heteroatoms. The summed E-state index contributed by atoms with van der Waals surface area (Å²) in [6.45, 7) is 1.24. The van der Waals surface area contributed by atoms with E-state index in [1.165, 1.54) is 6.92 Å². The first-order valence-electron chi connectivity index (χ1n) is 2.99. The van der Waals surface area contributed by atoms with Gasteiger partial charge in [-0.25, -0.2) is 0 Å². The second kappa shape index (κ2) is 2.70. The molecule has 0 aliphatic heterocycles. The van der Waals surface area contributed by atoms with Crippen molar-refractivity contribution >= 4 is 33.3 Å². The molecule has 1 rings (SSSR count). The monoisotopic (exact) mass is 216 g/mol. The van der Waals surface area contributed by atoms with Gasteiger partial charge in [0.15, 0.2) is 11.6 Å². The average Bonchev–Trinajstić information content (AvgIpc) is 2.07. The van der Waals surface area contributed by atoms with Crippen LogP contribution in [0.5, 0.6) is 0 Å². The number of carbonyl (C=O) groups is 3. The molecule has 1 atom stereocenters. The summed E-state index contributed by atoms with van der Waals surface area (Å²) in [5.74, 6) is -2.33. The van der Waals surface area contributed by atoms with Crippen LogP contribution < -0.4 is 0 Å². The van der Waals surface area contributed by atoms with Crippen LogP contribution in [0.3, 0.4) is 0 Å². The van der Waals surface area contributed by atoms with Crippen LogP contribution in [0.1, 0.15) is 6.92 Å². The SMILES string of the molecule is CC(=O)C1C(=O)C=C(Br)C1=O. The van der Waals surface area contributed by atoms with Crippen molar-refractivity contribution in [2.75, 3.05) is 0 Å². The van der Waals surface area contributed by atoms with Gasteiger partial charge < -0.3 is 0 Å². The minimum atomic E-state index is -1.08. The van der Waals surface area contributed by atoms with E-state index < -0.39 is 23.3 Å². The Hall–Kier alpha value is -0.770. The Morgan fingerprint density at radius 3 is 2.27 bits per heavy atom. The summed E-state index contributed by atoms with van der Waals surface area (Å²) in [5, 5.41) is 0. The van der Waals surface area contributed by atoms with Gasteiger partial charge in [-0.1, -0.05) is 0 Å². The van der Waals surface area contributed by atoms with E-state index in [0.717, 1.165) is 6.08 Å². The second-order valence-electron chi connectivity index (χ2n) is 2.30. The van der Waals surface area contributed by atoms with E-state index in [9.17, 15) is 14.4 Å². The zero-order valence-electron chi connectivity index (χ0n) is 5.76. The molecule has 0 fully saturated rings. The highest BCUT2D eigenvalue weighted by Gasteiger charge is 2.36. The lowest BCUT2D eigenvalue weighted by molar-refractivity contribution is -0.134. The molecule has 3 nitrogen and oxygen atoms in total. The van der Waals surface area contributed by atoms with Gasteiger partial charge in [0, 0.05) is 6.08 Å². The summed E-state index contributed by atoms with van der Waals surface area (Å²) >= 11 is 2.89. The second-order valence-corrected chi connectivity index (χ2v) is 3.16. The lowest BCUT2D eigenvalue weighted by Gasteiger charge is -1.98. The first-order valence-corrected chi connectivity index (χ1v) is 3.79. The summed E-state index contributed by atoms with van der Waals surface area (Å²) in [6.07, 6.45) is 1.15. The molecule has 0 saturated heterocycles. The highest BCUT2D eigenvalue weighted by Crippen LogP contribution is 2.22. The molecular weight excluding hydrogens is 212 g/mol. The van der Waals surface area contributed by atoms with Crippen LogP contribution in [0.15, 0.2) is 10.6 Å². The zero-order chi connectivity index (χ0) is 8.59. The fourth-order valence-corrected chi connectivity index (χ4v) is 1.39. The Kier molecular flexibility index (Phi) is 2.04. The first-order chi connectivity index (χ1) is 5.04. The molecule has 0 bridgehead atoms. The van der Waals surface area contributed by atoms with Gasteiger partial charge in [0.1, 0.15) is 11.7 Å². The predicted molar refractivity (Wildman–Crippen MR) is 41.2 cm³/mol. The predicted octanol–water partition coefficient (Wildman–Crippen LogP) is 0.622. The molecule has 0 spiro atoms. The third kappa shape index (κ3) is 1.30. The number of hydrogen-bond acceptors (Lipinski definition) is 3. The third-order valence-electron chi connectivity index (χ3n) is 1.46. The van der Waals surface area contributed by atoms with E-state index in [1.807, 2.05) is 0 Å². The first kappa shape index (κ1) is 8.33. The van der Waals surface area contributed by atoms with Crippen molar-refractivity contribution in [2.24, 2.45) is 5.92 Å². The van der Waals surface area contributed by atoms with Gasteiger partial charge in [-0.3, -0.25) is 14.4 Å². The molecule has 0 heterocycles. The standard InChI is InChI=1S/C7H5BrO3/c1-3(9)6-5(10)2-4(8)7(6)11/h2,6H,1H3. The van der Waals surface area contributed by atoms with Crippen LogP contribution >= 0.6 is 15.9 Å².